The third kappa shape index (κ3) is 6.57. The summed E-state index contributed by atoms with van der Waals surface area (Å²) in [6.07, 6.45) is 4.93. The SMILES string of the molecule is CCCCOCCNC(=NC)NCC1CCCN1CC. The Bertz CT molecular complexity index is 271. The van der Waals surface area contributed by atoms with Crippen molar-refractivity contribution in [2.75, 3.05) is 46.4 Å². The van der Waals surface area contributed by atoms with E-state index in [1.54, 1.807) is 0 Å². The first-order chi connectivity index (χ1) is 9.81. The Hall–Kier alpha value is -0.810. The lowest BCUT2D eigenvalue weighted by molar-refractivity contribution is 0.136. The Balaban J connectivity index is 2.10. The average Bonchev–Trinajstić information content (AvgIpc) is 2.93. The first-order valence-electron chi connectivity index (χ1n) is 8.08. The molecule has 1 unspecified atom stereocenters. The predicted molar refractivity (Wildman–Crippen MR) is 85.4 cm³/mol. The molecule has 0 radical (unpaired) electrons. The first kappa shape index (κ1) is 17.2. The maximum Gasteiger partial charge on any atom is 0.191 e. The van der Waals surface area contributed by atoms with E-state index >= 15 is 0 Å². The number of likely N-dealkylation sites (tertiary alicyclic amines) is 1. The normalized spacial score (nSPS) is 20.4. The van der Waals surface area contributed by atoms with Gasteiger partial charge in [0, 0.05) is 32.8 Å². The summed E-state index contributed by atoms with van der Waals surface area (Å²) in [5.41, 5.74) is 0. The topological polar surface area (TPSA) is 48.9 Å². The van der Waals surface area contributed by atoms with Gasteiger partial charge in [0.15, 0.2) is 5.96 Å². The maximum absolute atomic E-state index is 5.53. The van der Waals surface area contributed by atoms with Crippen LogP contribution in [0.15, 0.2) is 4.99 Å². The molecule has 2 N–H and O–H groups in total. The predicted octanol–water partition coefficient (Wildman–Crippen LogP) is 1.45. The molecule has 1 atom stereocenters. The van der Waals surface area contributed by atoms with E-state index in [1.165, 1.54) is 25.8 Å². The summed E-state index contributed by atoms with van der Waals surface area (Å²) in [4.78, 5) is 6.79. The van der Waals surface area contributed by atoms with E-state index in [-0.39, 0.29) is 0 Å². The average molecular weight is 284 g/mol. The van der Waals surface area contributed by atoms with E-state index in [0.717, 1.165) is 45.2 Å². The zero-order valence-corrected chi connectivity index (χ0v) is 13.5. The van der Waals surface area contributed by atoms with E-state index < -0.39 is 0 Å². The van der Waals surface area contributed by atoms with Crippen molar-refractivity contribution in [2.24, 2.45) is 4.99 Å². The maximum atomic E-state index is 5.53. The number of rotatable bonds is 9. The fraction of sp³-hybridized carbons (Fsp3) is 0.933. The lowest BCUT2D eigenvalue weighted by Gasteiger charge is -2.23. The third-order valence-corrected chi connectivity index (χ3v) is 3.82. The minimum Gasteiger partial charge on any atom is -0.380 e. The smallest absolute Gasteiger partial charge is 0.191 e. The van der Waals surface area contributed by atoms with Gasteiger partial charge in [-0.3, -0.25) is 9.89 Å². The highest BCUT2D eigenvalue weighted by molar-refractivity contribution is 5.79. The zero-order valence-electron chi connectivity index (χ0n) is 13.5. The Morgan fingerprint density at radius 1 is 1.30 bits per heavy atom. The molecule has 0 aromatic rings. The summed E-state index contributed by atoms with van der Waals surface area (Å²) in [6, 6.07) is 0.652. The number of ether oxygens (including phenoxy) is 1. The minimum atomic E-state index is 0.652. The molecule has 0 aliphatic carbocycles. The second-order valence-corrected chi connectivity index (χ2v) is 5.27. The van der Waals surface area contributed by atoms with Crippen LogP contribution in [0.2, 0.25) is 0 Å². The van der Waals surface area contributed by atoms with Gasteiger partial charge >= 0.3 is 0 Å². The molecule has 0 aromatic carbocycles. The molecule has 1 saturated heterocycles. The molecule has 5 heteroatoms. The van der Waals surface area contributed by atoms with Crippen molar-refractivity contribution < 1.29 is 4.74 Å². The van der Waals surface area contributed by atoms with Gasteiger partial charge < -0.3 is 15.4 Å². The molecule has 1 aliphatic rings. The summed E-state index contributed by atoms with van der Waals surface area (Å²) < 4.78 is 5.53. The van der Waals surface area contributed by atoms with E-state index in [9.17, 15) is 0 Å². The van der Waals surface area contributed by atoms with Gasteiger partial charge in [0.1, 0.15) is 0 Å². The molecule has 0 spiro atoms. The van der Waals surface area contributed by atoms with Crippen molar-refractivity contribution >= 4 is 5.96 Å². The molecular formula is C15H32N4O. The molecule has 1 fully saturated rings. The molecular weight excluding hydrogens is 252 g/mol. The molecule has 118 valence electrons. The fourth-order valence-corrected chi connectivity index (χ4v) is 2.57. The summed E-state index contributed by atoms with van der Waals surface area (Å²) in [7, 11) is 1.82. The second kappa shape index (κ2) is 10.9. The fourth-order valence-electron chi connectivity index (χ4n) is 2.57. The molecule has 0 bridgehead atoms. The molecule has 1 aliphatic heterocycles. The van der Waals surface area contributed by atoms with Crippen LogP contribution in [-0.2, 0) is 4.74 Å². The number of hydrogen-bond donors (Lipinski definition) is 2. The monoisotopic (exact) mass is 284 g/mol. The van der Waals surface area contributed by atoms with Gasteiger partial charge in [-0.25, -0.2) is 0 Å². The van der Waals surface area contributed by atoms with Gasteiger partial charge in [-0.15, -0.1) is 0 Å². The van der Waals surface area contributed by atoms with Gasteiger partial charge in [-0.05, 0) is 32.4 Å². The number of aliphatic imine (C=N–C) groups is 1. The van der Waals surface area contributed by atoms with Crippen LogP contribution in [0.5, 0.6) is 0 Å². The van der Waals surface area contributed by atoms with Crippen molar-refractivity contribution in [1.82, 2.24) is 15.5 Å². The molecule has 1 heterocycles. The molecule has 0 saturated carbocycles. The number of hydrogen-bond acceptors (Lipinski definition) is 3. The van der Waals surface area contributed by atoms with E-state index in [4.69, 9.17) is 4.74 Å². The van der Waals surface area contributed by atoms with Gasteiger partial charge in [0.25, 0.3) is 0 Å². The zero-order chi connectivity index (χ0) is 14.6. The summed E-state index contributed by atoms with van der Waals surface area (Å²) in [5, 5.41) is 6.72. The minimum absolute atomic E-state index is 0.652. The van der Waals surface area contributed by atoms with Crippen LogP contribution in [0.4, 0.5) is 0 Å². The Morgan fingerprint density at radius 3 is 2.85 bits per heavy atom. The summed E-state index contributed by atoms with van der Waals surface area (Å²) >= 11 is 0. The highest BCUT2D eigenvalue weighted by Gasteiger charge is 2.22. The highest BCUT2D eigenvalue weighted by atomic mass is 16.5. The molecule has 5 nitrogen and oxygen atoms in total. The van der Waals surface area contributed by atoms with Crippen LogP contribution >= 0.6 is 0 Å². The van der Waals surface area contributed by atoms with E-state index in [0.29, 0.717) is 6.04 Å². The van der Waals surface area contributed by atoms with Crippen molar-refractivity contribution in [3.63, 3.8) is 0 Å². The number of unbranched alkanes of at least 4 members (excludes halogenated alkanes) is 1. The van der Waals surface area contributed by atoms with Crippen molar-refractivity contribution in [1.29, 1.82) is 0 Å². The summed E-state index contributed by atoms with van der Waals surface area (Å²) in [6.45, 7) is 10.2. The standard InChI is InChI=1S/C15H32N4O/c1-4-6-11-20-12-9-17-15(16-3)18-13-14-8-7-10-19(14)5-2/h14H,4-13H2,1-3H3,(H2,16,17,18). The largest absolute Gasteiger partial charge is 0.380 e. The van der Waals surface area contributed by atoms with Crippen LogP contribution in [0.3, 0.4) is 0 Å². The Labute approximate surface area is 124 Å². The van der Waals surface area contributed by atoms with Gasteiger partial charge in [0.2, 0.25) is 0 Å². The van der Waals surface area contributed by atoms with Gasteiger partial charge in [-0.2, -0.15) is 0 Å². The number of likely N-dealkylation sites (N-methyl/N-ethyl adjacent to an activating group) is 1. The van der Waals surface area contributed by atoms with Gasteiger partial charge in [-0.1, -0.05) is 20.3 Å². The second-order valence-electron chi connectivity index (χ2n) is 5.27. The van der Waals surface area contributed by atoms with E-state index in [2.05, 4.69) is 34.4 Å². The Morgan fingerprint density at radius 2 is 2.15 bits per heavy atom. The highest BCUT2D eigenvalue weighted by Crippen LogP contribution is 2.15. The molecule has 20 heavy (non-hydrogen) atoms. The van der Waals surface area contributed by atoms with Crippen molar-refractivity contribution in [3.05, 3.63) is 0 Å². The number of guanidine groups is 1. The van der Waals surface area contributed by atoms with Crippen LogP contribution < -0.4 is 10.6 Å². The van der Waals surface area contributed by atoms with E-state index in [1.807, 2.05) is 7.05 Å². The van der Waals surface area contributed by atoms with Gasteiger partial charge in [0.05, 0.1) is 6.61 Å². The van der Waals surface area contributed by atoms with Crippen LogP contribution in [0.25, 0.3) is 0 Å². The lowest BCUT2D eigenvalue weighted by atomic mass is 10.2. The molecule has 1 rings (SSSR count). The van der Waals surface area contributed by atoms with Crippen molar-refractivity contribution in [3.8, 4) is 0 Å². The number of nitrogens with zero attached hydrogens (tertiary/aromatic N) is 2. The van der Waals surface area contributed by atoms with Crippen molar-refractivity contribution in [2.45, 2.75) is 45.6 Å². The first-order valence-corrected chi connectivity index (χ1v) is 8.08. The number of nitrogens with one attached hydrogen (secondary N) is 2. The Kier molecular flexibility index (Phi) is 9.41. The lowest BCUT2D eigenvalue weighted by Crippen LogP contribution is -2.45. The van der Waals surface area contributed by atoms with Crippen LogP contribution in [0.1, 0.15) is 39.5 Å². The van der Waals surface area contributed by atoms with Crippen LogP contribution in [-0.4, -0.2) is 63.3 Å². The molecule has 0 aromatic heterocycles. The molecule has 0 amide bonds. The summed E-state index contributed by atoms with van der Waals surface area (Å²) in [5.74, 6) is 0.882. The third-order valence-electron chi connectivity index (χ3n) is 3.82. The van der Waals surface area contributed by atoms with Crippen LogP contribution in [0, 0.1) is 0 Å². The quantitative estimate of drug-likeness (QED) is 0.382.